The van der Waals surface area contributed by atoms with Gasteiger partial charge < -0.3 is 0 Å². The predicted octanol–water partition coefficient (Wildman–Crippen LogP) is 3.02. The molecular formula is C6H12I. The maximum atomic E-state index is 2.31. The van der Waals surface area contributed by atoms with Crippen molar-refractivity contribution >= 4 is 22.6 Å². The van der Waals surface area contributed by atoms with Crippen LogP contribution in [0.4, 0.5) is 0 Å². The molecule has 1 unspecified atom stereocenters. The highest BCUT2D eigenvalue weighted by molar-refractivity contribution is 14.1. The van der Waals surface area contributed by atoms with Crippen LogP contribution in [0, 0.1) is 10.3 Å². The van der Waals surface area contributed by atoms with Crippen LogP contribution in [-0.2, 0) is 0 Å². The van der Waals surface area contributed by atoms with Crippen molar-refractivity contribution in [1.29, 1.82) is 0 Å². The third kappa shape index (κ3) is 4.59. The van der Waals surface area contributed by atoms with Gasteiger partial charge in [0.25, 0.3) is 0 Å². The van der Waals surface area contributed by atoms with Gasteiger partial charge in [-0.15, -0.1) is 0 Å². The summed E-state index contributed by atoms with van der Waals surface area (Å²) in [7, 11) is 0. The second kappa shape index (κ2) is 4.88. The van der Waals surface area contributed by atoms with Crippen LogP contribution in [0.2, 0.25) is 0 Å². The molecule has 0 rings (SSSR count). The Morgan fingerprint density at radius 2 is 2.29 bits per heavy atom. The Morgan fingerprint density at radius 3 is 2.43 bits per heavy atom. The zero-order valence-electron chi connectivity index (χ0n) is 4.95. The van der Waals surface area contributed by atoms with Crippen LogP contribution in [0.5, 0.6) is 0 Å². The summed E-state index contributed by atoms with van der Waals surface area (Å²) in [5.74, 6) is 0.811. The van der Waals surface area contributed by atoms with E-state index in [2.05, 4.69) is 40.9 Å². The summed E-state index contributed by atoms with van der Waals surface area (Å²) in [5.41, 5.74) is 0. The minimum Gasteiger partial charge on any atom is -0.0812 e. The number of hydrogen-bond donors (Lipinski definition) is 0. The van der Waals surface area contributed by atoms with Crippen molar-refractivity contribution in [2.75, 3.05) is 0 Å². The molecule has 7 heavy (non-hydrogen) atoms. The molecule has 1 heteroatoms. The average molecular weight is 211 g/mol. The minimum atomic E-state index is 0.811. The Labute approximate surface area is 59.8 Å². The monoisotopic (exact) mass is 211 g/mol. The lowest BCUT2D eigenvalue weighted by molar-refractivity contribution is 0.626. The molecule has 1 atom stereocenters. The first-order chi connectivity index (χ1) is 3.31. The normalized spacial score (nSPS) is 14.1. The van der Waals surface area contributed by atoms with Gasteiger partial charge in [-0.3, -0.25) is 0 Å². The number of rotatable bonds is 3. The molecule has 0 aromatic rings. The Morgan fingerprint density at radius 1 is 1.71 bits per heavy atom. The zero-order chi connectivity index (χ0) is 5.70. The lowest BCUT2D eigenvalue weighted by atomic mass is 10.1. The van der Waals surface area contributed by atoms with Crippen molar-refractivity contribution in [3.63, 3.8) is 0 Å². The minimum absolute atomic E-state index is 0.811. The molecule has 0 amide bonds. The topological polar surface area (TPSA) is 0 Å². The molecule has 0 aromatic heterocycles. The first-order valence-electron chi connectivity index (χ1n) is 2.74. The second-order valence-corrected chi connectivity index (χ2v) is 2.61. The van der Waals surface area contributed by atoms with Crippen molar-refractivity contribution in [2.45, 2.75) is 26.7 Å². The first kappa shape index (κ1) is 7.73. The van der Waals surface area contributed by atoms with E-state index in [4.69, 9.17) is 0 Å². The molecular weight excluding hydrogens is 199 g/mol. The van der Waals surface area contributed by atoms with E-state index in [-0.39, 0.29) is 0 Å². The molecule has 0 heterocycles. The molecule has 0 bridgehead atoms. The maximum Gasteiger partial charge on any atom is 0.0256 e. The van der Waals surface area contributed by atoms with Gasteiger partial charge >= 0.3 is 0 Å². The van der Waals surface area contributed by atoms with Crippen molar-refractivity contribution in [2.24, 2.45) is 5.92 Å². The van der Waals surface area contributed by atoms with Gasteiger partial charge in [0.1, 0.15) is 0 Å². The maximum absolute atomic E-state index is 2.31. The van der Waals surface area contributed by atoms with Gasteiger partial charge in [0.05, 0.1) is 0 Å². The van der Waals surface area contributed by atoms with Crippen molar-refractivity contribution in [1.82, 2.24) is 0 Å². The van der Waals surface area contributed by atoms with Crippen molar-refractivity contribution in [3.05, 3.63) is 4.43 Å². The molecule has 0 aliphatic rings. The summed E-state index contributed by atoms with van der Waals surface area (Å²) in [6.07, 6.45) is 2.64. The third-order valence-electron chi connectivity index (χ3n) is 0.959. The molecule has 0 spiro atoms. The molecule has 0 aliphatic carbocycles. The van der Waals surface area contributed by atoms with E-state index in [1.807, 2.05) is 0 Å². The molecule has 0 saturated heterocycles. The second-order valence-electron chi connectivity index (χ2n) is 1.89. The highest BCUT2D eigenvalue weighted by Crippen LogP contribution is 2.11. The van der Waals surface area contributed by atoms with E-state index in [9.17, 15) is 0 Å². The fraction of sp³-hybridized carbons (Fsp3) is 0.833. The highest BCUT2D eigenvalue weighted by atomic mass is 127. The van der Waals surface area contributed by atoms with Gasteiger partial charge in [-0.2, -0.15) is 0 Å². The smallest absolute Gasteiger partial charge is 0.0256 e. The van der Waals surface area contributed by atoms with E-state index in [1.54, 1.807) is 0 Å². The highest BCUT2D eigenvalue weighted by Gasteiger charge is 1.94. The van der Waals surface area contributed by atoms with Crippen LogP contribution < -0.4 is 0 Å². The summed E-state index contributed by atoms with van der Waals surface area (Å²) in [4.78, 5) is 0. The van der Waals surface area contributed by atoms with Crippen LogP contribution in [0.1, 0.15) is 26.7 Å². The Hall–Kier alpha value is 0.730. The Bertz CT molecular complexity index is 35.2. The molecule has 43 valence electrons. The average Bonchev–Trinajstić information content (AvgIpc) is 1.68. The molecule has 0 N–H and O–H groups in total. The van der Waals surface area contributed by atoms with Crippen LogP contribution in [0.15, 0.2) is 0 Å². The van der Waals surface area contributed by atoms with E-state index < -0.39 is 0 Å². The van der Waals surface area contributed by atoms with Crippen LogP contribution in [-0.4, -0.2) is 0 Å². The Kier molecular flexibility index (Phi) is 5.39. The van der Waals surface area contributed by atoms with Crippen molar-refractivity contribution < 1.29 is 0 Å². The molecule has 0 nitrogen and oxygen atoms in total. The molecule has 0 fully saturated rings. The van der Waals surface area contributed by atoms with Gasteiger partial charge in [-0.25, -0.2) is 0 Å². The summed E-state index contributed by atoms with van der Waals surface area (Å²) < 4.78 is 2.22. The summed E-state index contributed by atoms with van der Waals surface area (Å²) in [6, 6.07) is 0. The molecule has 1 radical (unpaired) electrons. The summed E-state index contributed by atoms with van der Waals surface area (Å²) >= 11 is 2.31. The van der Waals surface area contributed by atoms with E-state index in [1.165, 1.54) is 12.8 Å². The lowest BCUT2D eigenvalue weighted by Crippen LogP contribution is -1.87. The van der Waals surface area contributed by atoms with Gasteiger partial charge in [0.15, 0.2) is 0 Å². The van der Waals surface area contributed by atoms with E-state index in [0.717, 1.165) is 5.92 Å². The quantitative estimate of drug-likeness (QED) is 0.629. The number of halogens is 1. The fourth-order valence-corrected chi connectivity index (χ4v) is 0.878. The van der Waals surface area contributed by atoms with Crippen molar-refractivity contribution in [3.8, 4) is 0 Å². The molecule has 0 aliphatic heterocycles. The van der Waals surface area contributed by atoms with Crippen LogP contribution in [0.25, 0.3) is 0 Å². The SMILES string of the molecule is CCCC(C)[CH]I. The zero-order valence-corrected chi connectivity index (χ0v) is 7.10. The van der Waals surface area contributed by atoms with E-state index in [0.29, 0.717) is 0 Å². The van der Waals surface area contributed by atoms with Gasteiger partial charge in [-0.1, -0.05) is 42.9 Å². The first-order valence-corrected chi connectivity index (χ1v) is 3.99. The third-order valence-corrected chi connectivity index (χ3v) is 2.19. The summed E-state index contributed by atoms with van der Waals surface area (Å²) in [5, 5.41) is 0. The predicted molar refractivity (Wildman–Crippen MR) is 42.4 cm³/mol. The number of hydrogen-bond acceptors (Lipinski definition) is 0. The standard InChI is InChI=1S/C6H12I/c1-3-4-6(2)5-7/h5-6H,3-4H2,1-2H3. The molecule has 0 aromatic carbocycles. The summed E-state index contributed by atoms with van der Waals surface area (Å²) in [6.45, 7) is 4.46. The van der Waals surface area contributed by atoms with E-state index >= 15 is 0 Å². The lowest BCUT2D eigenvalue weighted by Gasteiger charge is -2.00. The van der Waals surface area contributed by atoms with Crippen LogP contribution >= 0.6 is 22.6 Å². The largest absolute Gasteiger partial charge is 0.0812 e. The van der Waals surface area contributed by atoms with Crippen LogP contribution in [0.3, 0.4) is 0 Å². The van der Waals surface area contributed by atoms with Gasteiger partial charge in [0, 0.05) is 4.43 Å². The fourth-order valence-electron chi connectivity index (χ4n) is 0.518. The Balaban J connectivity index is 2.83. The molecule has 0 saturated carbocycles. The van der Waals surface area contributed by atoms with Gasteiger partial charge in [0.2, 0.25) is 0 Å². The van der Waals surface area contributed by atoms with Gasteiger partial charge in [-0.05, 0) is 12.3 Å².